The first-order valence-electron chi connectivity index (χ1n) is 16.9. The first-order chi connectivity index (χ1) is 24.0. The summed E-state index contributed by atoms with van der Waals surface area (Å²) in [6.07, 6.45) is 1.57. The molecular weight excluding hydrogens is 637 g/mol. The van der Waals surface area contributed by atoms with Crippen LogP contribution in [0.4, 0.5) is 27.4 Å². The highest BCUT2D eigenvalue weighted by atomic mass is 19.1. The number of ether oxygens (including phenoxy) is 2. The van der Waals surface area contributed by atoms with Crippen LogP contribution < -0.4 is 25.0 Å². The van der Waals surface area contributed by atoms with E-state index in [-0.39, 0.29) is 41.3 Å². The average Bonchev–Trinajstić information content (AvgIpc) is 3.09. The van der Waals surface area contributed by atoms with E-state index in [1.54, 1.807) is 35.2 Å². The highest BCUT2D eigenvalue weighted by Gasteiger charge is 2.24. The van der Waals surface area contributed by atoms with Gasteiger partial charge < -0.3 is 34.8 Å². The number of methoxy groups -OCH3 is 1. The fourth-order valence-electron chi connectivity index (χ4n) is 5.96. The van der Waals surface area contributed by atoms with Crippen LogP contribution >= 0.6 is 0 Å². The molecule has 1 aliphatic rings. The van der Waals surface area contributed by atoms with Crippen molar-refractivity contribution in [2.75, 3.05) is 62.4 Å². The van der Waals surface area contributed by atoms with Crippen molar-refractivity contribution in [2.45, 2.75) is 47.1 Å². The Balaban J connectivity index is 1.44. The molecule has 1 aromatic heterocycles. The smallest absolute Gasteiger partial charge is 0.262 e. The third-order valence-electron chi connectivity index (χ3n) is 9.13. The Bertz CT molecular complexity index is 1830. The molecule has 4 aromatic rings. The van der Waals surface area contributed by atoms with Gasteiger partial charge in [0.2, 0.25) is 17.7 Å². The molecule has 264 valence electrons. The van der Waals surface area contributed by atoms with Gasteiger partial charge in [-0.1, -0.05) is 24.3 Å². The molecule has 5 rings (SSSR count). The van der Waals surface area contributed by atoms with Crippen molar-refractivity contribution < 1.29 is 23.5 Å². The number of carbonyl (C=O) groups excluding carboxylic acids is 2. The Morgan fingerprint density at radius 3 is 2.42 bits per heavy atom. The summed E-state index contributed by atoms with van der Waals surface area (Å²) >= 11 is 0. The first-order valence-corrected chi connectivity index (χ1v) is 16.9. The van der Waals surface area contributed by atoms with E-state index in [2.05, 4.69) is 39.5 Å². The number of hydrogen-bond acceptors (Lipinski definition) is 9. The van der Waals surface area contributed by atoms with E-state index >= 15 is 4.39 Å². The number of likely N-dealkylation sites (N-methyl/N-ethyl adjacent to an activating group) is 2. The maximum absolute atomic E-state index is 15.4. The second-order valence-electron chi connectivity index (χ2n) is 12.5. The van der Waals surface area contributed by atoms with Crippen molar-refractivity contribution >= 4 is 34.8 Å². The lowest BCUT2D eigenvalue weighted by atomic mass is 10.1. The number of anilines is 4. The molecule has 3 aromatic carbocycles. The summed E-state index contributed by atoms with van der Waals surface area (Å²) in [5, 5.41) is 6.03. The summed E-state index contributed by atoms with van der Waals surface area (Å²) in [5.41, 5.74) is 4.27. The van der Waals surface area contributed by atoms with Gasteiger partial charge in [0.1, 0.15) is 11.4 Å². The summed E-state index contributed by atoms with van der Waals surface area (Å²) in [7, 11) is 3.57. The number of nitrogens with one attached hydrogen (secondary N) is 2. The summed E-state index contributed by atoms with van der Waals surface area (Å²) in [5.74, 6) is -0.123. The van der Waals surface area contributed by atoms with E-state index in [4.69, 9.17) is 9.47 Å². The minimum Gasteiger partial charge on any atom is -0.493 e. The van der Waals surface area contributed by atoms with Crippen LogP contribution in [0.15, 0.2) is 60.8 Å². The van der Waals surface area contributed by atoms with E-state index in [0.29, 0.717) is 41.9 Å². The molecule has 1 atom stereocenters. The van der Waals surface area contributed by atoms with Crippen LogP contribution in [-0.2, 0) is 11.2 Å². The molecule has 11 nitrogen and oxygen atoms in total. The van der Waals surface area contributed by atoms with E-state index in [0.717, 1.165) is 36.3 Å². The summed E-state index contributed by atoms with van der Waals surface area (Å²) in [6.45, 7) is 13.4. The highest BCUT2D eigenvalue weighted by molar-refractivity contribution is 6.06. The minimum atomic E-state index is -0.471. The molecule has 0 bridgehead atoms. The molecule has 2 amide bonds. The molecule has 0 saturated carbocycles. The largest absolute Gasteiger partial charge is 0.493 e. The van der Waals surface area contributed by atoms with Crippen LogP contribution in [0.3, 0.4) is 0 Å². The molecule has 12 heteroatoms. The molecular formula is C38H46FN7O4. The zero-order valence-corrected chi connectivity index (χ0v) is 29.8. The van der Waals surface area contributed by atoms with Gasteiger partial charge in [-0.25, -0.2) is 9.37 Å². The van der Waals surface area contributed by atoms with Crippen molar-refractivity contribution in [2.24, 2.45) is 0 Å². The normalized spacial score (nSPS) is 14.6. The number of hydrogen-bond donors (Lipinski definition) is 2. The SMILES string of the molecule is CCN(CC)C(=O)Cc1ccc(Oc2nc(Nc3ccc(N4CCN(C)C(C)C4)c(F)c3)ncc2C(=O)Nc2c(C)cccc2C)c(OC)c1. The van der Waals surface area contributed by atoms with Crippen LogP contribution in [0.25, 0.3) is 0 Å². The number of piperazine rings is 1. The van der Waals surface area contributed by atoms with Gasteiger partial charge in [-0.05, 0) is 88.7 Å². The van der Waals surface area contributed by atoms with Crippen LogP contribution in [-0.4, -0.2) is 84.5 Å². The second-order valence-corrected chi connectivity index (χ2v) is 12.5. The standard InChI is InChI=1S/C38H46FN7O4/c1-8-45(9-2)34(47)20-27-13-16-32(33(19-27)49-7)50-37-29(36(48)42-35-24(3)11-10-12-25(35)4)22-40-38(43-37)41-28-14-15-31(30(39)21-28)46-18-17-44(6)26(5)23-46/h10-16,19,21-22,26H,8-9,17-18,20,23H2,1-7H3,(H,42,48)(H,40,41,43). The van der Waals surface area contributed by atoms with E-state index < -0.39 is 5.91 Å². The number of aryl methyl sites for hydroxylation is 2. The number of aromatic nitrogens is 2. The van der Waals surface area contributed by atoms with Gasteiger partial charge >= 0.3 is 0 Å². The van der Waals surface area contributed by atoms with Gasteiger partial charge in [0.15, 0.2) is 11.5 Å². The van der Waals surface area contributed by atoms with E-state index in [1.165, 1.54) is 19.4 Å². The Hall–Kier alpha value is -5.23. The van der Waals surface area contributed by atoms with Crippen LogP contribution in [0.2, 0.25) is 0 Å². The number of rotatable bonds is 12. The zero-order chi connectivity index (χ0) is 35.9. The average molecular weight is 684 g/mol. The Morgan fingerprint density at radius 1 is 1.02 bits per heavy atom. The molecule has 0 spiro atoms. The Morgan fingerprint density at radius 2 is 1.76 bits per heavy atom. The monoisotopic (exact) mass is 683 g/mol. The van der Waals surface area contributed by atoms with Crippen LogP contribution in [0.5, 0.6) is 17.4 Å². The van der Waals surface area contributed by atoms with Crippen molar-refractivity contribution in [1.29, 1.82) is 0 Å². The lowest BCUT2D eigenvalue weighted by Gasteiger charge is -2.39. The zero-order valence-electron chi connectivity index (χ0n) is 29.8. The maximum atomic E-state index is 15.4. The van der Waals surface area contributed by atoms with Gasteiger partial charge in [-0.3, -0.25) is 9.59 Å². The summed E-state index contributed by atoms with van der Waals surface area (Å²) in [4.78, 5) is 41.5. The minimum absolute atomic E-state index is 0.00487. The molecule has 0 radical (unpaired) electrons. The predicted octanol–water partition coefficient (Wildman–Crippen LogP) is 6.58. The van der Waals surface area contributed by atoms with Gasteiger partial charge in [0.05, 0.1) is 19.2 Å². The third kappa shape index (κ3) is 8.31. The fraction of sp³-hybridized carbons (Fsp3) is 0.368. The quantitative estimate of drug-likeness (QED) is 0.171. The maximum Gasteiger partial charge on any atom is 0.262 e. The highest BCUT2D eigenvalue weighted by Crippen LogP contribution is 2.35. The molecule has 2 N–H and O–H groups in total. The predicted molar refractivity (Wildman–Crippen MR) is 195 cm³/mol. The number of nitrogens with zero attached hydrogens (tertiary/aromatic N) is 5. The van der Waals surface area contributed by atoms with Crippen LogP contribution in [0, 0.1) is 19.7 Å². The number of carbonyl (C=O) groups is 2. The van der Waals surface area contributed by atoms with Gasteiger partial charge in [0, 0.05) is 56.3 Å². The van der Waals surface area contributed by atoms with Gasteiger partial charge in [-0.15, -0.1) is 0 Å². The van der Waals surface area contributed by atoms with Gasteiger partial charge in [-0.2, -0.15) is 4.98 Å². The summed E-state index contributed by atoms with van der Waals surface area (Å²) in [6, 6.07) is 16.2. The van der Waals surface area contributed by atoms with Gasteiger partial charge in [0.25, 0.3) is 5.91 Å². The Kier molecular flexibility index (Phi) is 11.5. The lowest BCUT2D eigenvalue weighted by molar-refractivity contribution is -0.130. The number of para-hydroxylation sites is 1. The number of halogens is 1. The first kappa shape index (κ1) is 36.1. The number of amides is 2. The molecule has 1 saturated heterocycles. The molecule has 1 aliphatic heterocycles. The van der Waals surface area contributed by atoms with E-state index in [9.17, 15) is 9.59 Å². The fourth-order valence-corrected chi connectivity index (χ4v) is 5.96. The van der Waals surface area contributed by atoms with Crippen molar-refractivity contribution in [3.05, 3.63) is 88.9 Å². The van der Waals surface area contributed by atoms with Crippen molar-refractivity contribution in [1.82, 2.24) is 19.8 Å². The van der Waals surface area contributed by atoms with E-state index in [1.807, 2.05) is 50.8 Å². The lowest BCUT2D eigenvalue weighted by Crippen LogP contribution is -2.50. The van der Waals surface area contributed by atoms with Crippen molar-refractivity contribution in [3.63, 3.8) is 0 Å². The third-order valence-corrected chi connectivity index (χ3v) is 9.13. The summed E-state index contributed by atoms with van der Waals surface area (Å²) < 4.78 is 27.3. The molecule has 50 heavy (non-hydrogen) atoms. The Labute approximate surface area is 293 Å². The molecule has 2 heterocycles. The molecule has 0 aliphatic carbocycles. The number of benzene rings is 3. The van der Waals surface area contributed by atoms with Crippen molar-refractivity contribution in [3.8, 4) is 17.4 Å². The molecule has 1 unspecified atom stereocenters. The molecule has 1 fully saturated rings. The van der Waals surface area contributed by atoms with Crippen LogP contribution in [0.1, 0.15) is 47.8 Å². The second kappa shape index (κ2) is 16.0. The topological polar surface area (TPSA) is 112 Å².